The monoisotopic (exact) mass is 441 g/mol. The normalized spacial score (nSPS) is 17.9. The number of amides is 2. The van der Waals surface area contributed by atoms with Crippen molar-refractivity contribution in [1.82, 2.24) is 5.32 Å². The van der Waals surface area contributed by atoms with Crippen LogP contribution in [0.2, 0.25) is 10.0 Å². The molecule has 6 nitrogen and oxygen atoms in total. The number of hydrogen-bond donors (Lipinski definition) is 2. The first kappa shape index (κ1) is 20.4. The van der Waals surface area contributed by atoms with Crippen molar-refractivity contribution in [3.05, 3.63) is 52.3 Å². The number of nitrogens with one attached hydrogen (secondary N) is 2. The number of carbonyl (C=O) groups is 2. The van der Waals surface area contributed by atoms with E-state index in [2.05, 4.69) is 15.6 Å². The van der Waals surface area contributed by atoms with E-state index in [0.29, 0.717) is 22.1 Å². The molecule has 2 aromatic rings. The van der Waals surface area contributed by atoms with Crippen LogP contribution in [-0.2, 0) is 9.59 Å². The summed E-state index contributed by atoms with van der Waals surface area (Å²) < 4.78 is 18.5. The van der Waals surface area contributed by atoms with E-state index in [1.54, 1.807) is 18.2 Å². The quantitative estimate of drug-likeness (QED) is 0.736. The molecule has 3 rings (SSSR count). The van der Waals surface area contributed by atoms with Crippen molar-refractivity contribution in [3.63, 3.8) is 0 Å². The minimum absolute atomic E-state index is 0.0252. The Morgan fingerprint density at radius 3 is 2.82 bits per heavy atom. The minimum Gasteiger partial charge on any atom is -0.495 e. The maximum atomic E-state index is 13.3. The third kappa shape index (κ3) is 4.95. The predicted octanol–water partition coefficient (Wildman–Crippen LogP) is 4.39. The smallest absolute Gasteiger partial charge is 0.238 e. The Kier molecular flexibility index (Phi) is 6.43. The van der Waals surface area contributed by atoms with Gasteiger partial charge in [0.25, 0.3) is 0 Å². The number of aliphatic imine (C=N–C) groups is 1. The number of nitrogens with zero attached hydrogens (tertiary/aromatic N) is 1. The summed E-state index contributed by atoms with van der Waals surface area (Å²) in [7, 11) is 1.47. The van der Waals surface area contributed by atoms with Gasteiger partial charge in [0.05, 0.1) is 23.5 Å². The number of amidine groups is 1. The Morgan fingerprint density at radius 1 is 1.32 bits per heavy atom. The van der Waals surface area contributed by atoms with E-state index in [0.717, 1.165) is 11.8 Å². The van der Waals surface area contributed by atoms with E-state index in [9.17, 15) is 14.0 Å². The first-order chi connectivity index (χ1) is 13.4. The van der Waals surface area contributed by atoms with Gasteiger partial charge in [-0.05, 0) is 36.4 Å². The maximum Gasteiger partial charge on any atom is 0.238 e. The molecule has 0 saturated carbocycles. The molecule has 2 N–H and O–H groups in total. The highest BCUT2D eigenvalue weighted by Crippen LogP contribution is 2.30. The Morgan fingerprint density at radius 2 is 2.11 bits per heavy atom. The SMILES string of the molecule is COc1ccc(Cl)cc1NC(=O)[C@H]1CC(=O)NC(=Nc2ccc(F)c(Cl)c2)S1. The lowest BCUT2D eigenvalue weighted by Crippen LogP contribution is -2.41. The van der Waals surface area contributed by atoms with E-state index < -0.39 is 17.0 Å². The van der Waals surface area contributed by atoms with Crippen molar-refractivity contribution in [1.29, 1.82) is 0 Å². The zero-order chi connectivity index (χ0) is 20.3. The van der Waals surface area contributed by atoms with Crippen molar-refractivity contribution in [2.24, 2.45) is 4.99 Å². The fourth-order valence-corrected chi connectivity index (χ4v) is 3.76. The van der Waals surface area contributed by atoms with Crippen LogP contribution in [0.1, 0.15) is 6.42 Å². The molecule has 1 saturated heterocycles. The first-order valence-electron chi connectivity index (χ1n) is 8.00. The molecule has 10 heteroatoms. The highest BCUT2D eigenvalue weighted by atomic mass is 35.5. The molecule has 1 aliphatic rings. The zero-order valence-electron chi connectivity index (χ0n) is 14.5. The number of benzene rings is 2. The number of rotatable bonds is 4. The predicted molar refractivity (Wildman–Crippen MR) is 109 cm³/mol. The van der Waals surface area contributed by atoms with Gasteiger partial charge in [0.1, 0.15) is 16.8 Å². The molecular formula is C18H14Cl2FN3O3S. The second-order valence-electron chi connectivity index (χ2n) is 5.71. The summed E-state index contributed by atoms with van der Waals surface area (Å²) in [5.74, 6) is -0.884. The van der Waals surface area contributed by atoms with E-state index in [4.69, 9.17) is 27.9 Å². The molecular weight excluding hydrogens is 428 g/mol. The number of ether oxygens (including phenoxy) is 1. The Balaban J connectivity index is 1.78. The third-order valence-corrected chi connectivity index (χ3v) is 5.32. The number of carbonyl (C=O) groups excluding carboxylic acids is 2. The molecule has 0 unspecified atom stereocenters. The average molecular weight is 442 g/mol. The van der Waals surface area contributed by atoms with E-state index in [1.165, 1.54) is 25.3 Å². The van der Waals surface area contributed by atoms with Gasteiger partial charge in [0.2, 0.25) is 11.8 Å². The van der Waals surface area contributed by atoms with Crippen LogP contribution >= 0.6 is 35.0 Å². The topological polar surface area (TPSA) is 79.8 Å². The highest BCUT2D eigenvalue weighted by Gasteiger charge is 2.30. The van der Waals surface area contributed by atoms with Gasteiger partial charge >= 0.3 is 0 Å². The fraction of sp³-hybridized carbons (Fsp3) is 0.167. The van der Waals surface area contributed by atoms with Crippen molar-refractivity contribution in [2.45, 2.75) is 11.7 Å². The van der Waals surface area contributed by atoms with Crippen LogP contribution in [0.5, 0.6) is 5.75 Å². The van der Waals surface area contributed by atoms with Crippen molar-refractivity contribution < 1.29 is 18.7 Å². The summed E-state index contributed by atoms with van der Waals surface area (Å²) in [5.41, 5.74) is 0.752. The molecule has 0 bridgehead atoms. The molecule has 146 valence electrons. The van der Waals surface area contributed by atoms with Gasteiger partial charge in [-0.2, -0.15) is 0 Å². The number of hydrogen-bond acceptors (Lipinski definition) is 5. The minimum atomic E-state index is -0.716. The molecule has 1 fully saturated rings. The van der Waals surface area contributed by atoms with Gasteiger partial charge in [-0.15, -0.1) is 0 Å². The molecule has 1 heterocycles. The van der Waals surface area contributed by atoms with Crippen LogP contribution in [-0.4, -0.2) is 29.3 Å². The Hall–Kier alpha value is -2.29. The lowest BCUT2D eigenvalue weighted by molar-refractivity contribution is -0.123. The third-order valence-electron chi connectivity index (χ3n) is 3.72. The van der Waals surface area contributed by atoms with Crippen molar-refractivity contribution in [3.8, 4) is 5.75 Å². The van der Waals surface area contributed by atoms with Crippen LogP contribution in [0, 0.1) is 5.82 Å². The van der Waals surface area contributed by atoms with Gasteiger partial charge in [-0.3, -0.25) is 9.59 Å². The summed E-state index contributed by atoms with van der Waals surface area (Å²) in [6.07, 6.45) is -0.0252. The molecule has 0 radical (unpaired) electrons. The van der Waals surface area contributed by atoms with Gasteiger partial charge in [0, 0.05) is 11.4 Å². The molecule has 1 aliphatic heterocycles. The lowest BCUT2D eigenvalue weighted by atomic mass is 10.2. The largest absolute Gasteiger partial charge is 0.495 e. The van der Waals surface area contributed by atoms with Crippen molar-refractivity contribution >= 4 is 63.3 Å². The van der Waals surface area contributed by atoms with Crippen LogP contribution in [0.3, 0.4) is 0 Å². The maximum absolute atomic E-state index is 13.3. The molecule has 1 atom stereocenters. The van der Waals surface area contributed by atoms with Crippen LogP contribution < -0.4 is 15.4 Å². The fourth-order valence-electron chi connectivity index (χ4n) is 2.41. The number of anilines is 1. The van der Waals surface area contributed by atoms with Crippen molar-refractivity contribution in [2.75, 3.05) is 12.4 Å². The number of halogens is 3. The summed E-state index contributed by atoms with van der Waals surface area (Å²) in [6.45, 7) is 0. The summed E-state index contributed by atoms with van der Waals surface area (Å²) >= 11 is 12.8. The lowest BCUT2D eigenvalue weighted by Gasteiger charge is -2.22. The first-order valence-corrected chi connectivity index (χ1v) is 9.64. The molecule has 2 amide bonds. The average Bonchev–Trinajstić information content (AvgIpc) is 2.64. The van der Waals surface area contributed by atoms with Crippen LogP contribution in [0.25, 0.3) is 0 Å². The second kappa shape index (κ2) is 8.81. The number of thioether (sulfide) groups is 1. The zero-order valence-corrected chi connectivity index (χ0v) is 16.8. The van der Waals surface area contributed by atoms with Gasteiger partial charge in [-0.1, -0.05) is 35.0 Å². The highest BCUT2D eigenvalue weighted by molar-refractivity contribution is 8.15. The summed E-state index contributed by atoms with van der Waals surface area (Å²) in [6, 6.07) is 8.74. The second-order valence-corrected chi connectivity index (χ2v) is 7.74. The van der Waals surface area contributed by atoms with E-state index in [1.807, 2.05) is 0 Å². The molecule has 0 aliphatic carbocycles. The van der Waals surface area contributed by atoms with Gasteiger partial charge < -0.3 is 15.4 Å². The molecule has 2 aromatic carbocycles. The van der Waals surface area contributed by atoms with E-state index >= 15 is 0 Å². The Bertz CT molecular complexity index is 971. The molecule has 28 heavy (non-hydrogen) atoms. The Labute approximate surface area is 174 Å². The molecule has 0 aromatic heterocycles. The van der Waals surface area contributed by atoms with E-state index in [-0.39, 0.29) is 22.5 Å². The standard InChI is InChI=1S/C18H14Cl2FN3O3S/c1-27-14-5-2-9(19)6-13(14)23-17(26)15-8-16(25)24-18(28-15)22-10-3-4-12(21)11(20)7-10/h2-7,15H,8H2,1H3,(H,23,26)(H,22,24,25)/t15-/m1/s1. The molecule has 0 spiro atoms. The van der Waals surface area contributed by atoms with Crippen LogP contribution in [0.4, 0.5) is 15.8 Å². The summed E-state index contributed by atoms with van der Waals surface area (Å²) in [5, 5.41) is 5.16. The number of methoxy groups -OCH3 is 1. The van der Waals surface area contributed by atoms with Gasteiger partial charge in [-0.25, -0.2) is 9.38 Å². The van der Waals surface area contributed by atoms with Crippen LogP contribution in [0.15, 0.2) is 41.4 Å². The summed E-state index contributed by atoms with van der Waals surface area (Å²) in [4.78, 5) is 28.9. The van der Waals surface area contributed by atoms with Gasteiger partial charge in [0.15, 0.2) is 5.17 Å².